The van der Waals surface area contributed by atoms with E-state index in [2.05, 4.69) is 4.37 Å². The van der Waals surface area contributed by atoms with Crippen LogP contribution < -0.4 is 0 Å². The maximum Gasteiger partial charge on any atom is 0.380 e. The van der Waals surface area contributed by atoms with Crippen molar-refractivity contribution in [3.63, 3.8) is 0 Å². The maximum atomic E-state index is 13.2. The number of halogens is 6. The smallest absolute Gasteiger partial charge is 0.195 e. The van der Waals surface area contributed by atoms with E-state index >= 15 is 0 Å². The van der Waals surface area contributed by atoms with Crippen LogP contribution >= 0.6 is 11.5 Å². The second-order valence-corrected chi connectivity index (χ2v) is 4.66. The van der Waals surface area contributed by atoms with Gasteiger partial charge < -0.3 is 0 Å². The third kappa shape index (κ3) is 1.50. The number of hydrogen-bond acceptors (Lipinski definition) is 2. The second-order valence-electron chi connectivity index (χ2n) is 3.65. The largest absolute Gasteiger partial charge is 0.380 e. The van der Waals surface area contributed by atoms with E-state index in [0.717, 1.165) is 17.6 Å². The Morgan fingerprint density at radius 2 is 1.71 bits per heavy atom. The van der Waals surface area contributed by atoms with Crippen LogP contribution in [0.25, 0.3) is 5.57 Å². The molecule has 0 saturated carbocycles. The van der Waals surface area contributed by atoms with Gasteiger partial charge in [-0.2, -0.15) is 30.7 Å². The van der Waals surface area contributed by atoms with Gasteiger partial charge in [0.05, 0.1) is 11.3 Å². The molecule has 1 aliphatic rings. The molecule has 0 amide bonds. The molecular weight excluding hydrogens is 268 g/mol. The van der Waals surface area contributed by atoms with Crippen LogP contribution in [0.1, 0.15) is 10.6 Å². The fourth-order valence-corrected chi connectivity index (χ4v) is 2.03. The predicted octanol–water partition coefficient (Wildman–Crippen LogP) is 3.75. The fourth-order valence-electron chi connectivity index (χ4n) is 1.47. The van der Waals surface area contributed by atoms with Gasteiger partial charge in [0.25, 0.3) is 0 Å². The molecule has 1 aromatic rings. The van der Waals surface area contributed by atoms with Crippen LogP contribution in [0.5, 0.6) is 0 Å². The Labute approximate surface area is 95.9 Å². The van der Waals surface area contributed by atoms with E-state index in [1.54, 1.807) is 0 Å². The van der Waals surface area contributed by atoms with Gasteiger partial charge >= 0.3 is 17.8 Å². The quantitative estimate of drug-likeness (QED) is 0.710. The molecule has 0 aliphatic heterocycles. The Morgan fingerprint density at radius 1 is 1.12 bits per heavy atom. The molecule has 0 fully saturated rings. The summed E-state index contributed by atoms with van der Waals surface area (Å²) in [6, 6.07) is 1.07. The van der Waals surface area contributed by atoms with Crippen LogP contribution in [0, 0.1) is 6.92 Å². The second kappa shape index (κ2) is 3.24. The SMILES string of the molecule is Cc1cc(C2=CC(F)(F)C(F)(F)C2(F)F)ns1. The monoisotopic (exact) mass is 273 g/mol. The molecule has 0 bridgehead atoms. The highest BCUT2D eigenvalue weighted by molar-refractivity contribution is 7.05. The van der Waals surface area contributed by atoms with Crippen molar-refractivity contribution in [1.29, 1.82) is 0 Å². The van der Waals surface area contributed by atoms with Gasteiger partial charge in [-0.05, 0) is 24.5 Å². The lowest BCUT2D eigenvalue weighted by Gasteiger charge is -2.24. The Morgan fingerprint density at radius 3 is 2.06 bits per heavy atom. The Hall–Kier alpha value is -1.05. The predicted molar refractivity (Wildman–Crippen MR) is 49.7 cm³/mol. The van der Waals surface area contributed by atoms with Crippen molar-refractivity contribution in [3.8, 4) is 0 Å². The third-order valence-corrected chi connectivity index (χ3v) is 3.07. The van der Waals surface area contributed by atoms with Crippen molar-refractivity contribution in [3.05, 3.63) is 22.7 Å². The molecular formula is C9H5F6NS. The van der Waals surface area contributed by atoms with Crippen LogP contribution in [0.4, 0.5) is 26.3 Å². The van der Waals surface area contributed by atoms with Crippen LogP contribution in [-0.2, 0) is 0 Å². The summed E-state index contributed by atoms with van der Waals surface area (Å²) in [6.07, 6.45) is -0.401. The Kier molecular flexibility index (Phi) is 2.37. The number of alkyl halides is 6. The number of aryl methyl sites for hydroxylation is 1. The van der Waals surface area contributed by atoms with Gasteiger partial charge in [0, 0.05) is 11.0 Å². The van der Waals surface area contributed by atoms with Crippen LogP contribution in [0.15, 0.2) is 12.1 Å². The minimum absolute atomic E-state index is 0.401. The van der Waals surface area contributed by atoms with Crippen molar-refractivity contribution in [1.82, 2.24) is 4.37 Å². The van der Waals surface area contributed by atoms with E-state index in [9.17, 15) is 26.3 Å². The van der Waals surface area contributed by atoms with Gasteiger partial charge in [0.15, 0.2) is 0 Å². The lowest BCUT2D eigenvalue weighted by Crippen LogP contribution is -2.48. The van der Waals surface area contributed by atoms with Crippen LogP contribution in [-0.4, -0.2) is 22.1 Å². The summed E-state index contributed by atoms with van der Waals surface area (Å²) in [5.74, 6) is -15.2. The van der Waals surface area contributed by atoms with E-state index in [1.165, 1.54) is 6.92 Å². The molecule has 0 N–H and O–H groups in total. The molecule has 94 valence electrons. The molecule has 1 aliphatic carbocycles. The molecule has 0 spiro atoms. The van der Waals surface area contributed by atoms with E-state index in [1.807, 2.05) is 0 Å². The number of hydrogen-bond donors (Lipinski definition) is 0. The topological polar surface area (TPSA) is 12.9 Å². The van der Waals surface area contributed by atoms with E-state index < -0.39 is 35.1 Å². The van der Waals surface area contributed by atoms with E-state index in [4.69, 9.17) is 0 Å². The average Bonchev–Trinajstić information content (AvgIpc) is 2.64. The van der Waals surface area contributed by atoms with Crippen molar-refractivity contribution < 1.29 is 26.3 Å². The van der Waals surface area contributed by atoms with Crippen molar-refractivity contribution in [2.24, 2.45) is 0 Å². The lowest BCUT2D eigenvalue weighted by atomic mass is 10.1. The maximum absolute atomic E-state index is 13.2. The molecule has 8 heteroatoms. The number of rotatable bonds is 1. The zero-order valence-corrected chi connectivity index (χ0v) is 9.09. The summed E-state index contributed by atoms with van der Waals surface area (Å²) in [5, 5.41) is 0. The van der Waals surface area contributed by atoms with Gasteiger partial charge in [0.1, 0.15) is 0 Å². The standard InChI is InChI=1S/C9H5F6NS/c1-4-2-6(16-17-4)5-3-7(10,11)9(14,15)8(5,12)13/h2-3H,1H3. The lowest BCUT2D eigenvalue weighted by molar-refractivity contribution is -0.257. The molecule has 0 aromatic carbocycles. The number of nitrogens with zero attached hydrogens (tertiary/aromatic N) is 1. The first kappa shape index (κ1) is 12.4. The summed E-state index contributed by atoms with van der Waals surface area (Å²) in [7, 11) is 0. The van der Waals surface area contributed by atoms with E-state index in [0.29, 0.717) is 4.88 Å². The summed E-state index contributed by atoms with van der Waals surface area (Å²) in [5.41, 5.74) is -1.95. The minimum Gasteiger partial charge on any atom is -0.195 e. The first-order chi connectivity index (χ1) is 7.59. The first-order valence-electron chi connectivity index (χ1n) is 4.40. The highest BCUT2D eigenvalue weighted by atomic mass is 32.1. The molecule has 2 rings (SSSR count). The summed E-state index contributed by atoms with van der Waals surface area (Å²) >= 11 is 0.778. The van der Waals surface area contributed by atoms with E-state index in [-0.39, 0.29) is 0 Å². The Balaban J connectivity index is 2.56. The van der Waals surface area contributed by atoms with Crippen molar-refractivity contribution in [2.45, 2.75) is 24.7 Å². The van der Waals surface area contributed by atoms with Crippen LogP contribution in [0.2, 0.25) is 0 Å². The molecule has 1 aromatic heterocycles. The normalized spacial score (nSPS) is 24.8. The highest BCUT2D eigenvalue weighted by Crippen LogP contribution is 2.58. The Bertz CT molecular complexity index is 489. The number of aromatic nitrogens is 1. The average molecular weight is 273 g/mol. The van der Waals surface area contributed by atoms with Crippen molar-refractivity contribution >= 4 is 17.1 Å². The zero-order chi connectivity index (χ0) is 13.1. The molecule has 0 unspecified atom stereocenters. The van der Waals surface area contributed by atoms with Crippen molar-refractivity contribution in [2.75, 3.05) is 0 Å². The molecule has 0 atom stereocenters. The van der Waals surface area contributed by atoms with Gasteiger partial charge in [-0.1, -0.05) is 0 Å². The van der Waals surface area contributed by atoms with Gasteiger partial charge in [-0.3, -0.25) is 0 Å². The highest BCUT2D eigenvalue weighted by Gasteiger charge is 2.77. The molecule has 17 heavy (non-hydrogen) atoms. The third-order valence-electron chi connectivity index (χ3n) is 2.38. The zero-order valence-electron chi connectivity index (χ0n) is 8.28. The summed E-state index contributed by atoms with van der Waals surface area (Å²) < 4.78 is 81.3. The number of allylic oxidation sites excluding steroid dienone is 2. The molecule has 0 radical (unpaired) electrons. The summed E-state index contributed by atoms with van der Waals surface area (Å²) in [6.45, 7) is 1.51. The fraction of sp³-hybridized carbons (Fsp3) is 0.444. The summed E-state index contributed by atoms with van der Waals surface area (Å²) in [4.78, 5) is 0.468. The molecule has 1 nitrogen and oxygen atoms in total. The molecule has 1 heterocycles. The van der Waals surface area contributed by atoms with Gasteiger partial charge in [-0.15, -0.1) is 0 Å². The van der Waals surface area contributed by atoms with Gasteiger partial charge in [-0.25, -0.2) is 0 Å². The van der Waals surface area contributed by atoms with Crippen LogP contribution in [0.3, 0.4) is 0 Å². The molecule has 0 saturated heterocycles. The minimum atomic E-state index is -5.42. The first-order valence-corrected chi connectivity index (χ1v) is 5.17. The van der Waals surface area contributed by atoms with Gasteiger partial charge in [0.2, 0.25) is 0 Å².